The van der Waals surface area contributed by atoms with Crippen molar-refractivity contribution in [2.24, 2.45) is 5.10 Å². The van der Waals surface area contributed by atoms with E-state index >= 15 is 0 Å². The predicted octanol–water partition coefficient (Wildman–Crippen LogP) is 10.2. The molecule has 44 heavy (non-hydrogen) atoms. The molecule has 0 saturated carbocycles. The standard InChI is InChI=1S/C40H31N3O/c1-4-11-30(12-5-1)21-24-36-28-38(33-14-6-2-7-15-33)43(42-36)37-25-22-31(23-26-37)19-20-32-13-10-18-35(27-32)40-41-29-39(44-40)34-16-8-3-9-17-34/h1-27,29,38H,28H2/b20-19+,24-21+. The van der Waals surface area contributed by atoms with Gasteiger partial charge in [0.15, 0.2) is 5.76 Å². The van der Waals surface area contributed by atoms with Crippen molar-refractivity contribution in [1.82, 2.24) is 4.98 Å². The first-order valence-corrected chi connectivity index (χ1v) is 14.8. The van der Waals surface area contributed by atoms with Gasteiger partial charge in [-0.3, -0.25) is 5.01 Å². The molecular weight excluding hydrogens is 538 g/mol. The number of hydrazone groups is 1. The SMILES string of the molecule is C(=C\c1ccccc1)/C1=NN(c2ccc(/C=C/c3cccc(-c4ncc(-c5ccccc5)o4)c3)cc2)C(c2ccccc2)C1. The molecule has 0 radical (unpaired) electrons. The minimum absolute atomic E-state index is 0.147. The van der Waals surface area contributed by atoms with Gasteiger partial charge >= 0.3 is 0 Å². The van der Waals surface area contributed by atoms with Gasteiger partial charge < -0.3 is 4.42 Å². The monoisotopic (exact) mass is 569 g/mol. The van der Waals surface area contributed by atoms with Gasteiger partial charge in [-0.05, 0) is 52.6 Å². The Hall–Kier alpha value is -5.74. The molecule has 0 saturated heterocycles. The van der Waals surface area contributed by atoms with Crippen molar-refractivity contribution < 1.29 is 4.42 Å². The van der Waals surface area contributed by atoms with Crippen LogP contribution in [0.1, 0.15) is 34.7 Å². The van der Waals surface area contributed by atoms with Gasteiger partial charge in [0.05, 0.1) is 23.6 Å². The van der Waals surface area contributed by atoms with Gasteiger partial charge in [-0.1, -0.05) is 133 Å². The van der Waals surface area contributed by atoms with E-state index < -0.39 is 0 Å². The Bertz CT molecular complexity index is 1920. The zero-order valence-electron chi connectivity index (χ0n) is 24.2. The van der Waals surface area contributed by atoms with E-state index in [1.165, 1.54) is 11.1 Å². The van der Waals surface area contributed by atoms with Crippen LogP contribution in [0.15, 0.2) is 161 Å². The number of hydrogen-bond acceptors (Lipinski definition) is 4. The fourth-order valence-corrected chi connectivity index (χ4v) is 5.41. The molecule has 0 amide bonds. The number of benzene rings is 5. The van der Waals surface area contributed by atoms with Crippen molar-refractivity contribution in [3.8, 4) is 22.8 Å². The number of nitrogens with zero attached hydrogens (tertiary/aromatic N) is 3. The van der Waals surface area contributed by atoms with Crippen LogP contribution in [0.25, 0.3) is 41.0 Å². The maximum Gasteiger partial charge on any atom is 0.226 e. The predicted molar refractivity (Wildman–Crippen MR) is 182 cm³/mol. The summed E-state index contributed by atoms with van der Waals surface area (Å²) in [7, 11) is 0. The number of allylic oxidation sites excluding steroid dienone is 1. The normalized spacial score (nSPS) is 14.9. The van der Waals surface area contributed by atoms with E-state index in [-0.39, 0.29) is 6.04 Å². The molecule has 0 fully saturated rings. The van der Waals surface area contributed by atoms with Crippen LogP contribution < -0.4 is 5.01 Å². The first kappa shape index (κ1) is 27.1. The highest BCUT2D eigenvalue weighted by atomic mass is 16.4. The lowest BCUT2D eigenvalue weighted by molar-refractivity contribution is 0.589. The Morgan fingerprint density at radius 3 is 1.98 bits per heavy atom. The molecule has 6 aromatic rings. The number of rotatable bonds is 8. The minimum atomic E-state index is 0.147. The molecule has 1 unspecified atom stereocenters. The summed E-state index contributed by atoms with van der Waals surface area (Å²) in [4.78, 5) is 4.52. The summed E-state index contributed by atoms with van der Waals surface area (Å²) in [5, 5.41) is 7.19. The first-order valence-electron chi connectivity index (χ1n) is 14.8. The van der Waals surface area contributed by atoms with Gasteiger partial charge in [-0.15, -0.1) is 0 Å². The molecule has 1 aliphatic rings. The Balaban J connectivity index is 1.09. The fraction of sp³-hybridized carbons (Fsp3) is 0.0500. The highest BCUT2D eigenvalue weighted by Gasteiger charge is 2.28. The molecule has 0 aliphatic carbocycles. The van der Waals surface area contributed by atoms with Crippen LogP contribution in [0.4, 0.5) is 5.69 Å². The van der Waals surface area contributed by atoms with Gasteiger partial charge in [0.1, 0.15) is 0 Å². The molecule has 5 aromatic carbocycles. The Kier molecular flexibility index (Phi) is 7.79. The van der Waals surface area contributed by atoms with Crippen LogP contribution in [-0.2, 0) is 0 Å². The second-order valence-corrected chi connectivity index (χ2v) is 10.8. The number of aromatic nitrogens is 1. The van der Waals surface area contributed by atoms with E-state index in [0.29, 0.717) is 5.89 Å². The molecule has 4 nitrogen and oxygen atoms in total. The van der Waals surface area contributed by atoms with Crippen LogP contribution in [0.3, 0.4) is 0 Å². The average molecular weight is 570 g/mol. The molecule has 1 atom stereocenters. The van der Waals surface area contributed by atoms with E-state index in [1.807, 2.05) is 48.5 Å². The molecule has 2 heterocycles. The molecule has 0 spiro atoms. The molecule has 1 aromatic heterocycles. The molecule has 0 bridgehead atoms. The molecular formula is C40H31N3O. The molecule has 4 heteroatoms. The Morgan fingerprint density at radius 2 is 1.20 bits per heavy atom. The van der Waals surface area contributed by atoms with Crippen LogP contribution in [0, 0.1) is 0 Å². The largest absolute Gasteiger partial charge is 0.436 e. The van der Waals surface area contributed by atoms with Crippen molar-refractivity contribution >= 4 is 29.6 Å². The molecule has 0 N–H and O–H groups in total. The van der Waals surface area contributed by atoms with Crippen LogP contribution in [0.5, 0.6) is 0 Å². The van der Waals surface area contributed by atoms with Crippen molar-refractivity contribution in [2.75, 3.05) is 5.01 Å². The third kappa shape index (κ3) is 6.20. The highest BCUT2D eigenvalue weighted by molar-refractivity contribution is 6.01. The topological polar surface area (TPSA) is 41.6 Å². The second-order valence-electron chi connectivity index (χ2n) is 10.8. The van der Waals surface area contributed by atoms with Gasteiger partial charge in [-0.25, -0.2) is 4.98 Å². The lowest BCUT2D eigenvalue weighted by atomic mass is 10.0. The first-order chi connectivity index (χ1) is 21.8. The van der Waals surface area contributed by atoms with Crippen LogP contribution in [0.2, 0.25) is 0 Å². The van der Waals surface area contributed by atoms with Gasteiger partial charge in [0, 0.05) is 17.5 Å². The summed E-state index contributed by atoms with van der Waals surface area (Å²) in [6.45, 7) is 0. The average Bonchev–Trinajstić information content (AvgIpc) is 3.77. The molecule has 7 rings (SSSR count). The summed E-state index contributed by atoms with van der Waals surface area (Å²) in [5.74, 6) is 1.37. The summed E-state index contributed by atoms with van der Waals surface area (Å²) in [6.07, 6.45) is 11.2. The Labute approximate surface area is 258 Å². The second kappa shape index (κ2) is 12.6. The zero-order chi connectivity index (χ0) is 29.6. The van der Waals surface area contributed by atoms with Crippen molar-refractivity contribution in [2.45, 2.75) is 12.5 Å². The maximum atomic E-state index is 6.07. The van der Waals surface area contributed by atoms with Crippen LogP contribution >= 0.6 is 0 Å². The van der Waals surface area contributed by atoms with Gasteiger partial charge in [0.25, 0.3) is 0 Å². The van der Waals surface area contributed by atoms with Crippen molar-refractivity contribution in [3.05, 3.63) is 174 Å². The van der Waals surface area contributed by atoms with Gasteiger partial charge in [-0.2, -0.15) is 5.10 Å². The lowest BCUT2D eigenvalue weighted by Gasteiger charge is -2.24. The number of oxazole rings is 1. The van der Waals surface area contributed by atoms with E-state index in [1.54, 1.807) is 6.20 Å². The van der Waals surface area contributed by atoms with Crippen LogP contribution in [-0.4, -0.2) is 10.7 Å². The third-order valence-electron chi connectivity index (χ3n) is 7.71. The van der Waals surface area contributed by atoms with E-state index in [2.05, 4.69) is 125 Å². The maximum absolute atomic E-state index is 6.07. The third-order valence-corrected chi connectivity index (χ3v) is 7.71. The van der Waals surface area contributed by atoms with E-state index in [9.17, 15) is 0 Å². The highest BCUT2D eigenvalue weighted by Crippen LogP contribution is 2.36. The smallest absolute Gasteiger partial charge is 0.226 e. The fourth-order valence-electron chi connectivity index (χ4n) is 5.41. The molecule has 212 valence electrons. The quantitative estimate of drug-likeness (QED) is 0.171. The summed E-state index contributed by atoms with van der Waals surface area (Å²) >= 11 is 0. The Morgan fingerprint density at radius 1 is 0.591 bits per heavy atom. The number of anilines is 1. The number of hydrogen-bond donors (Lipinski definition) is 0. The van der Waals surface area contributed by atoms with E-state index in [4.69, 9.17) is 9.52 Å². The van der Waals surface area contributed by atoms with Crippen molar-refractivity contribution in [3.63, 3.8) is 0 Å². The van der Waals surface area contributed by atoms with E-state index in [0.717, 1.165) is 45.8 Å². The minimum Gasteiger partial charge on any atom is -0.436 e. The van der Waals surface area contributed by atoms with Crippen molar-refractivity contribution in [1.29, 1.82) is 0 Å². The summed E-state index contributed by atoms with van der Waals surface area (Å²) in [5.41, 5.74) is 8.71. The zero-order valence-corrected chi connectivity index (χ0v) is 24.2. The molecule has 1 aliphatic heterocycles. The van der Waals surface area contributed by atoms with Gasteiger partial charge in [0.2, 0.25) is 5.89 Å². The summed E-state index contributed by atoms with van der Waals surface area (Å²) in [6, 6.07) is 48.0. The lowest BCUT2D eigenvalue weighted by Crippen LogP contribution is -2.18. The summed E-state index contributed by atoms with van der Waals surface area (Å²) < 4.78 is 6.07.